The number of hydrogen-bond acceptors (Lipinski definition) is 3. The summed E-state index contributed by atoms with van der Waals surface area (Å²) in [7, 11) is 1.68. The molecule has 12 heavy (non-hydrogen) atoms. The molecule has 0 saturated heterocycles. The van der Waals surface area contributed by atoms with Crippen LogP contribution in [0.2, 0.25) is 0 Å². The minimum Gasteiger partial charge on any atom is -0.374 e. The predicted octanol–water partition coefficient (Wildman–Crippen LogP) is -0.125. The summed E-state index contributed by atoms with van der Waals surface area (Å²) in [6, 6.07) is -0.399. The number of carbonyl (C=O) groups excluding carboxylic acids is 1. The molecule has 0 fully saturated rings. The van der Waals surface area contributed by atoms with Crippen LogP contribution >= 0.6 is 0 Å². The van der Waals surface area contributed by atoms with Gasteiger partial charge in [-0.25, -0.2) is 0 Å². The molecule has 0 aliphatic carbocycles. The van der Waals surface area contributed by atoms with E-state index in [1.54, 1.807) is 7.05 Å². The zero-order valence-corrected chi connectivity index (χ0v) is 8.18. The molecule has 1 unspecified atom stereocenters. The largest absolute Gasteiger partial charge is 0.374 e. The molecule has 4 nitrogen and oxygen atoms in total. The minimum atomic E-state index is -0.399. The Labute approximate surface area is 73.5 Å². The third kappa shape index (κ3) is 5.09. The average molecular weight is 174 g/mol. The maximum atomic E-state index is 10.7. The van der Waals surface area contributed by atoms with Gasteiger partial charge in [0.05, 0.1) is 12.2 Å². The zero-order valence-electron chi connectivity index (χ0n) is 8.18. The summed E-state index contributed by atoms with van der Waals surface area (Å²) in [5.41, 5.74) is 4.86. The third-order valence-electron chi connectivity index (χ3n) is 1.37. The molecular formula is C8H18N2O2. The van der Waals surface area contributed by atoms with E-state index in [-0.39, 0.29) is 11.5 Å². The highest BCUT2D eigenvalue weighted by Crippen LogP contribution is 2.06. The van der Waals surface area contributed by atoms with Crippen molar-refractivity contribution in [2.75, 3.05) is 13.7 Å². The van der Waals surface area contributed by atoms with Crippen LogP contribution in [0.4, 0.5) is 0 Å². The van der Waals surface area contributed by atoms with E-state index in [1.165, 1.54) is 0 Å². The lowest BCUT2D eigenvalue weighted by molar-refractivity contribution is -0.122. The summed E-state index contributed by atoms with van der Waals surface area (Å²) >= 11 is 0. The fourth-order valence-electron chi connectivity index (χ4n) is 0.641. The van der Waals surface area contributed by atoms with Crippen molar-refractivity contribution in [3.63, 3.8) is 0 Å². The van der Waals surface area contributed by atoms with E-state index in [4.69, 9.17) is 10.5 Å². The molecule has 4 heteroatoms. The van der Waals surface area contributed by atoms with Gasteiger partial charge in [-0.15, -0.1) is 0 Å². The van der Waals surface area contributed by atoms with E-state index in [1.807, 2.05) is 20.8 Å². The van der Waals surface area contributed by atoms with E-state index >= 15 is 0 Å². The van der Waals surface area contributed by atoms with Gasteiger partial charge in [-0.1, -0.05) is 0 Å². The Morgan fingerprint density at radius 3 is 2.33 bits per heavy atom. The van der Waals surface area contributed by atoms with Gasteiger partial charge >= 0.3 is 0 Å². The summed E-state index contributed by atoms with van der Waals surface area (Å²) in [5, 5.41) is 2.77. The normalized spacial score (nSPS) is 14.3. The number of nitrogens with one attached hydrogen (secondary N) is 1. The molecule has 0 aromatic carbocycles. The molecule has 0 aromatic rings. The molecule has 3 N–H and O–H groups in total. The molecule has 0 saturated carbocycles. The number of primary amides is 1. The molecule has 1 amide bonds. The van der Waals surface area contributed by atoms with Gasteiger partial charge in [0.2, 0.25) is 5.91 Å². The van der Waals surface area contributed by atoms with Gasteiger partial charge in [0, 0.05) is 0 Å². The molecule has 0 aliphatic heterocycles. The van der Waals surface area contributed by atoms with Crippen molar-refractivity contribution in [1.29, 1.82) is 0 Å². The number of rotatable bonds is 4. The van der Waals surface area contributed by atoms with E-state index in [0.717, 1.165) is 0 Å². The van der Waals surface area contributed by atoms with Gasteiger partial charge in [0.1, 0.15) is 6.04 Å². The summed E-state index contributed by atoms with van der Waals surface area (Å²) in [4.78, 5) is 10.7. The first-order valence-corrected chi connectivity index (χ1v) is 3.97. The van der Waals surface area contributed by atoms with Crippen LogP contribution in [0, 0.1) is 0 Å². The molecule has 0 aromatic heterocycles. The number of likely N-dealkylation sites (N-methyl/N-ethyl adjacent to an activating group) is 1. The molecule has 0 rings (SSSR count). The van der Waals surface area contributed by atoms with Crippen molar-refractivity contribution >= 4 is 5.91 Å². The van der Waals surface area contributed by atoms with Crippen molar-refractivity contribution in [1.82, 2.24) is 5.32 Å². The van der Waals surface area contributed by atoms with Gasteiger partial charge < -0.3 is 15.8 Å². The maximum absolute atomic E-state index is 10.7. The number of carbonyl (C=O) groups is 1. The Kier molecular flexibility index (Phi) is 4.20. The summed E-state index contributed by atoms with van der Waals surface area (Å²) in [6.45, 7) is 6.11. The van der Waals surface area contributed by atoms with Crippen LogP contribution in [0.5, 0.6) is 0 Å². The molecular weight excluding hydrogens is 156 g/mol. The van der Waals surface area contributed by atoms with Crippen molar-refractivity contribution in [2.45, 2.75) is 32.4 Å². The Balaban J connectivity index is 3.81. The van der Waals surface area contributed by atoms with E-state index in [9.17, 15) is 4.79 Å². The summed E-state index contributed by atoms with van der Waals surface area (Å²) < 4.78 is 5.38. The molecule has 72 valence electrons. The Bertz CT molecular complexity index is 152. The Morgan fingerprint density at radius 2 is 2.08 bits per heavy atom. The SMILES string of the molecule is CNC(COC(C)(C)C)C(N)=O. The number of ether oxygens (including phenoxy) is 1. The number of nitrogens with two attached hydrogens (primary N) is 1. The van der Waals surface area contributed by atoms with E-state index < -0.39 is 6.04 Å². The molecule has 0 heterocycles. The highest BCUT2D eigenvalue weighted by Gasteiger charge is 2.17. The molecule has 0 bridgehead atoms. The monoisotopic (exact) mass is 174 g/mol. The fraction of sp³-hybridized carbons (Fsp3) is 0.875. The topological polar surface area (TPSA) is 64.3 Å². The zero-order chi connectivity index (χ0) is 9.78. The first-order valence-electron chi connectivity index (χ1n) is 3.97. The van der Waals surface area contributed by atoms with Crippen molar-refractivity contribution < 1.29 is 9.53 Å². The van der Waals surface area contributed by atoms with Crippen molar-refractivity contribution in [3.8, 4) is 0 Å². The van der Waals surface area contributed by atoms with Gasteiger partial charge in [0.15, 0.2) is 0 Å². The fourth-order valence-corrected chi connectivity index (χ4v) is 0.641. The van der Waals surface area contributed by atoms with Crippen LogP contribution in [0.25, 0.3) is 0 Å². The van der Waals surface area contributed by atoms with Crippen LogP contribution in [-0.2, 0) is 9.53 Å². The van der Waals surface area contributed by atoms with Gasteiger partial charge in [-0.3, -0.25) is 4.79 Å². The second-order valence-corrected chi connectivity index (χ2v) is 3.67. The number of hydrogen-bond donors (Lipinski definition) is 2. The van der Waals surface area contributed by atoms with Crippen LogP contribution in [0.3, 0.4) is 0 Å². The van der Waals surface area contributed by atoms with Gasteiger partial charge in [0.25, 0.3) is 0 Å². The third-order valence-corrected chi connectivity index (χ3v) is 1.37. The van der Waals surface area contributed by atoms with Crippen LogP contribution in [0.15, 0.2) is 0 Å². The highest BCUT2D eigenvalue weighted by molar-refractivity contribution is 5.79. The van der Waals surface area contributed by atoms with Crippen molar-refractivity contribution in [2.24, 2.45) is 5.73 Å². The van der Waals surface area contributed by atoms with E-state index in [0.29, 0.717) is 6.61 Å². The summed E-state index contributed by atoms with van der Waals surface area (Å²) in [5.74, 6) is -0.387. The van der Waals surface area contributed by atoms with Gasteiger partial charge in [-0.2, -0.15) is 0 Å². The smallest absolute Gasteiger partial charge is 0.236 e. The molecule has 1 atom stereocenters. The lowest BCUT2D eigenvalue weighted by Gasteiger charge is -2.22. The van der Waals surface area contributed by atoms with Crippen LogP contribution in [-0.4, -0.2) is 31.2 Å². The average Bonchev–Trinajstić information content (AvgIpc) is 1.85. The maximum Gasteiger partial charge on any atom is 0.236 e. The first kappa shape index (κ1) is 11.4. The molecule has 0 aliphatic rings. The van der Waals surface area contributed by atoms with Crippen molar-refractivity contribution in [3.05, 3.63) is 0 Å². The lowest BCUT2D eigenvalue weighted by Crippen LogP contribution is -2.44. The minimum absolute atomic E-state index is 0.232. The van der Waals surface area contributed by atoms with E-state index in [2.05, 4.69) is 5.32 Å². The first-order chi connectivity index (χ1) is 5.37. The van der Waals surface area contributed by atoms with Crippen LogP contribution in [0.1, 0.15) is 20.8 Å². The van der Waals surface area contributed by atoms with Gasteiger partial charge in [-0.05, 0) is 27.8 Å². The lowest BCUT2D eigenvalue weighted by atomic mass is 10.2. The molecule has 0 radical (unpaired) electrons. The second-order valence-electron chi connectivity index (χ2n) is 3.67. The quantitative estimate of drug-likeness (QED) is 0.624. The van der Waals surface area contributed by atoms with Crippen LogP contribution < -0.4 is 11.1 Å². The predicted molar refractivity (Wildman–Crippen MR) is 47.7 cm³/mol. The highest BCUT2D eigenvalue weighted by atomic mass is 16.5. The second kappa shape index (κ2) is 4.42. The Hall–Kier alpha value is -0.610. The number of amides is 1. The standard InChI is InChI=1S/C8H18N2O2/c1-8(2,3)12-5-6(10-4)7(9)11/h6,10H,5H2,1-4H3,(H2,9,11). The molecule has 0 spiro atoms. The Morgan fingerprint density at radius 1 is 1.58 bits per heavy atom. The summed E-state index contributed by atoms with van der Waals surface area (Å²) in [6.07, 6.45) is 0.